The highest BCUT2D eigenvalue weighted by atomic mass is 16.5. The van der Waals surface area contributed by atoms with Crippen molar-refractivity contribution in [2.24, 2.45) is 0 Å². The zero-order valence-electron chi connectivity index (χ0n) is 7.81. The number of hydrogen-bond donors (Lipinski definition) is 3. The van der Waals surface area contributed by atoms with Gasteiger partial charge in [-0.25, -0.2) is 0 Å². The number of carbonyl (C=O) groups excluding carboxylic acids is 1. The van der Waals surface area contributed by atoms with Gasteiger partial charge >= 0.3 is 0 Å². The van der Waals surface area contributed by atoms with Gasteiger partial charge in [-0.1, -0.05) is 5.16 Å². The monoisotopic (exact) mass is 208 g/mol. The first-order valence-electron chi connectivity index (χ1n) is 4.07. The van der Waals surface area contributed by atoms with Crippen molar-refractivity contribution in [2.75, 3.05) is 11.1 Å². The van der Waals surface area contributed by atoms with Crippen LogP contribution in [0.1, 0.15) is 16.3 Å². The molecule has 4 N–H and O–H groups in total. The Bertz CT molecular complexity index is 487. The van der Waals surface area contributed by atoms with Crippen LogP contribution in [-0.2, 0) is 0 Å². The highest BCUT2D eigenvalue weighted by Gasteiger charge is 2.12. The Kier molecular flexibility index (Phi) is 2.08. The van der Waals surface area contributed by atoms with Crippen molar-refractivity contribution in [3.63, 3.8) is 0 Å². The van der Waals surface area contributed by atoms with Crippen molar-refractivity contribution in [1.29, 1.82) is 0 Å². The van der Waals surface area contributed by atoms with Gasteiger partial charge in [0.2, 0.25) is 17.7 Å². The number of hydrogen-bond acceptors (Lipinski definition) is 6. The van der Waals surface area contributed by atoms with E-state index in [1.165, 1.54) is 0 Å². The third-order valence-electron chi connectivity index (χ3n) is 1.58. The molecule has 0 spiro atoms. The topological polar surface area (TPSA) is 123 Å². The van der Waals surface area contributed by atoms with Crippen LogP contribution in [0.3, 0.4) is 0 Å². The maximum Gasteiger partial charge on any atom is 0.295 e. The largest absolute Gasteiger partial charge is 0.366 e. The predicted molar refractivity (Wildman–Crippen MR) is 50.0 cm³/mol. The normalized spacial score (nSPS) is 10.2. The van der Waals surface area contributed by atoms with Crippen LogP contribution < -0.4 is 11.1 Å². The molecule has 8 nitrogen and oxygen atoms in total. The minimum atomic E-state index is -0.490. The summed E-state index contributed by atoms with van der Waals surface area (Å²) in [5, 5.41) is 11.9. The van der Waals surface area contributed by atoms with Crippen LogP contribution in [-0.4, -0.2) is 26.2 Å². The number of aryl methyl sites for hydroxylation is 1. The van der Waals surface area contributed by atoms with Gasteiger partial charge in [0.15, 0.2) is 0 Å². The Labute approximate surface area is 83.9 Å². The van der Waals surface area contributed by atoms with Gasteiger partial charge in [-0.15, -0.1) is 5.10 Å². The summed E-state index contributed by atoms with van der Waals surface area (Å²) in [5.74, 6) is -0.224. The summed E-state index contributed by atoms with van der Waals surface area (Å²) >= 11 is 0. The molecule has 2 heterocycles. The Morgan fingerprint density at radius 3 is 3.00 bits per heavy atom. The van der Waals surface area contributed by atoms with E-state index in [-0.39, 0.29) is 17.7 Å². The summed E-state index contributed by atoms with van der Waals surface area (Å²) in [4.78, 5) is 15.1. The predicted octanol–water partition coefficient (Wildman–Crippen LogP) is -0.0644. The SMILES string of the molecule is Cc1cc(NC(=O)c2nc(N)n[nH]2)on1. The molecular weight excluding hydrogens is 200 g/mol. The van der Waals surface area contributed by atoms with Gasteiger partial charge in [-0.2, -0.15) is 4.98 Å². The second-order valence-electron chi connectivity index (χ2n) is 2.83. The summed E-state index contributed by atoms with van der Waals surface area (Å²) < 4.78 is 4.79. The van der Waals surface area contributed by atoms with Gasteiger partial charge in [-0.3, -0.25) is 15.2 Å². The van der Waals surface area contributed by atoms with Crippen LogP contribution in [0.5, 0.6) is 0 Å². The molecule has 0 unspecified atom stereocenters. The van der Waals surface area contributed by atoms with Crippen LogP contribution in [0.25, 0.3) is 0 Å². The van der Waals surface area contributed by atoms with Gasteiger partial charge in [0.1, 0.15) is 0 Å². The molecule has 2 aromatic heterocycles. The standard InChI is InChI=1S/C7H8N6O2/c1-3-2-4(15-13-3)9-6(14)5-10-7(8)12-11-5/h2H,1H3,(H,9,14)(H3,8,10,11,12). The average molecular weight is 208 g/mol. The second-order valence-corrected chi connectivity index (χ2v) is 2.83. The van der Waals surface area contributed by atoms with Crippen LogP contribution in [0.4, 0.5) is 11.8 Å². The number of anilines is 2. The summed E-state index contributed by atoms with van der Waals surface area (Å²) in [5.41, 5.74) is 5.91. The van der Waals surface area contributed by atoms with E-state index in [1.807, 2.05) is 0 Å². The Morgan fingerprint density at radius 1 is 1.67 bits per heavy atom. The van der Waals surface area contributed by atoms with E-state index in [1.54, 1.807) is 13.0 Å². The molecule has 0 radical (unpaired) electrons. The van der Waals surface area contributed by atoms with Gasteiger partial charge in [0.25, 0.3) is 5.91 Å². The van der Waals surface area contributed by atoms with E-state index in [2.05, 4.69) is 25.7 Å². The summed E-state index contributed by atoms with van der Waals surface area (Å²) in [6, 6.07) is 1.58. The molecule has 0 bridgehead atoms. The van der Waals surface area contributed by atoms with Crippen LogP contribution in [0.2, 0.25) is 0 Å². The number of nitrogen functional groups attached to an aromatic ring is 1. The first-order chi connectivity index (χ1) is 7.15. The molecule has 2 aromatic rings. The molecule has 0 saturated heterocycles. The Balaban J connectivity index is 2.10. The number of aromatic nitrogens is 4. The first-order valence-corrected chi connectivity index (χ1v) is 4.07. The molecule has 0 aliphatic heterocycles. The van der Waals surface area contributed by atoms with Gasteiger partial charge in [0, 0.05) is 6.07 Å². The summed E-state index contributed by atoms with van der Waals surface area (Å²) in [6.07, 6.45) is 0. The molecule has 0 atom stereocenters. The van der Waals surface area contributed by atoms with Crippen molar-refractivity contribution >= 4 is 17.7 Å². The third kappa shape index (κ3) is 1.93. The lowest BCUT2D eigenvalue weighted by atomic mass is 10.4. The number of nitrogens with zero attached hydrogens (tertiary/aromatic N) is 3. The summed E-state index contributed by atoms with van der Waals surface area (Å²) in [7, 11) is 0. The average Bonchev–Trinajstić information content (AvgIpc) is 2.75. The molecule has 0 fully saturated rings. The molecule has 15 heavy (non-hydrogen) atoms. The van der Waals surface area contributed by atoms with Crippen molar-refractivity contribution in [3.05, 3.63) is 17.6 Å². The van der Waals surface area contributed by atoms with Crippen molar-refractivity contribution in [2.45, 2.75) is 6.92 Å². The quantitative estimate of drug-likeness (QED) is 0.635. The van der Waals surface area contributed by atoms with E-state index in [9.17, 15) is 4.79 Å². The molecule has 78 valence electrons. The maximum atomic E-state index is 11.4. The second kappa shape index (κ2) is 3.40. The molecule has 1 amide bonds. The van der Waals surface area contributed by atoms with Gasteiger partial charge < -0.3 is 10.3 Å². The minimum Gasteiger partial charge on any atom is -0.366 e. The smallest absolute Gasteiger partial charge is 0.295 e. The zero-order chi connectivity index (χ0) is 10.8. The lowest BCUT2D eigenvalue weighted by Crippen LogP contribution is -2.13. The fourth-order valence-electron chi connectivity index (χ4n) is 0.970. The molecule has 2 rings (SSSR count). The van der Waals surface area contributed by atoms with Gasteiger partial charge in [0.05, 0.1) is 5.69 Å². The lowest BCUT2D eigenvalue weighted by molar-refractivity contribution is 0.101. The molecular formula is C7H8N6O2. The fourth-order valence-corrected chi connectivity index (χ4v) is 0.970. The molecule has 8 heteroatoms. The number of amides is 1. The molecule has 0 aliphatic rings. The van der Waals surface area contributed by atoms with Crippen molar-refractivity contribution in [3.8, 4) is 0 Å². The number of carbonyl (C=O) groups is 1. The number of aromatic amines is 1. The highest BCUT2D eigenvalue weighted by Crippen LogP contribution is 2.09. The van der Waals surface area contributed by atoms with Crippen LogP contribution >= 0.6 is 0 Å². The van der Waals surface area contributed by atoms with E-state index in [0.29, 0.717) is 5.69 Å². The van der Waals surface area contributed by atoms with Gasteiger partial charge in [-0.05, 0) is 6.92 Å². The first kappa shape index (κ1) is 9.19. The Morgan fingerprint density at radius 2 is 2.47 bits per heavy atom. The van der Waals surface area contributed by atoms with Crippen molar-refractivity contribution < 1.29 is 9.32 Å². The van der Waals surface area contributed by atoms with E-state index in [0.717, 1.165) is 0 Å². The number of rotatable bonds is 2. The third-order valence-corrected chi connectivity index (χ3v) is 1.58. The Hall–Kier alpha value is -2.38. The highest BCUT2D eigenvalue weighted by molar-refractivity contribution is 6.00. The van der Waals surface area contributed by atoms with E-state index < -0.39 is 5.91 Å². The van der Waals surface area contributed by atoms with Crippen LogP contribution in [0.15, 0.2) is 10.6 Å². The maximum absolute atomic E-state index is 11.4. The van der Waals surface area contributed by atoms with E-state index >= 15 is 0 Å². The van der Waals surface area contributed by atoms with Crippen molar-refractivity contribution in [1.82, 2.24) is 20.3 Å². The van der Waals surface area contributed by atoms with Crippen LogP contribution in [0, 0.1) is 6.92 Å². The lowest BCUT2D eigenvalue weighted by Gasteiger charge is -1.94. The number of nitrogens with one attached hydrogen (secondary N) is 2. The fraction of sp³-hybridized carbons (Fsp3) is 0.143. The molecule has 0 aromatic carbocycles. The minimum absolute atomic E-state index is 0.00824. The molecule has 0 aliphatic carbocycles. The summed E-state index contributed by atoms with van der Waals surface area (Å²) in [6.45, 7) is 1.74. The molecule has 0 saturated carbocycles. The van der Waals surface area contributed by atoms with E-state index in [4.69, 9.17) is 10.3 Å². The number of H-pyrrole nitrogens is 1. The zero-order valence-corrected chi connectivity index (χ0v) is 7.81. The number of nitrogens with two attached hydrogens (primary N) is 1.